The van der Waals surface area contributed by atoms with E-state index in [0.29, 0.717) is 18.7 Å². The number of piperidine rings is 1. The van der Waals surface area contributed by atoms with Gasteiger partial charge in [-0.3, -0.25) is 4.79 Å². The Labute approximate surface area is 156 Å². The maximum atomic E-state index is 13.4. The first-order valence-electron chi connectivity index (χ1n) is 8.53. The van der Waals surface area contributed by atoms with Crippen LogP contribution in [0.4, 0.5) is 4.39 Å². The zero-order valence-electron chi connectivity index (χ0n) is 14.4. The Kier molecular flexibility index (Phi) is 5.74. The van der Waals surface area contributed by atoms with E-state index in [-0.39, 0.29) is 15.6 Å². The molecule has 2 aromatic rings. The molecule has 140 valence electrons. The first-order chi connectivity index (χ1) is 12.4. The molecule has 1 aromatic carbocycles. The van der Waals surface area contributed by atoms with Crippen molar-refractivity contribution in [1.29, 1.82) is 0 Å². The van der Waals surface area contributed by atoms with Crippen molar-refractivity contribution in [3.63, 3.8) is 0 Å². The minimum Gasteiger partial charge on any atom is -0.345 e. The Bertz CT molecular complexity index is 889. The summed E-state index contributed by atoms with van der Waals surface area (Å²) in [6, 6.07) is 7.02. The number of hydrogen-bond donors (Lipinski definition) is 1. The molecule has 1 amide bonds. The second-order valence-corrected chi connectivity index (χ2v) is 9.15. The maximum absolute atomic E-state index is 13.4. The third-order valence-electron chi connectivity index (χ3n) is 4.46. The van der Waals surface area contributed by atoms with Crippen LogP contribution in [0.5, 0.6) is 0 Å². The second kappa shape index (κ2) is 7.85. The molecule has 26 heavy (non-hydrogen) atoms. The number of amides is 1. The van der Waals surface area contributed by atoms with Gasteiger partial charge in [0.05, 0.1) is 6.04 Å². The van der Waals surface area contributed by atoms with Crippen LogP contribution in [-0.4, -0.2) is 31.7 Å². The van der Waals surface area contributed by atoms with Crippen LogP contribution in [0.25, 0.3) is 0 Å². The summed E-state index contributed by atoms with van der Waals surface area (Å²) in [5.74, 6) is -0.847. The molecule has 1 aliphatic heterocycles. The van der Waals surface area contributed by atoms with Crippen LogP contribution in [0.2, 0.25) is 0 Å². The lowest BCUT2D eigenvalue weighted by Crippen LogP contribution is -2.36. The third kappa shape index (κ3) is 3.97. The molecule has 1 aromatic heterocycles. The highest BCUT2D eigenvalue weighted by atomic mass is 32.2. The number of nitrogens with zero attached hydrogens (tertiary/aromatic N) is 1. The number of halogens is 1. The van der Waals surface area contributed by atoms with Crippen molar-refractivity contribution in [2.45, 2.75) is 37.1 Å². The van der Waals surface area contributed by atoms with E-state index < -0.39 is 22.0 Å². The van der Waals surface area contributed by atoms with Crippen molar-refractivity contribution in [1.82, 2.24) is 9.62 Å². The Morgan fingerprint density at radius 3 is 2.65 bits per heavy atom. The number of hydrogen-bond acceptors (Lipinski definition) is 4. The van der Waals surface area contributed by atoms with E-state index >= 15 is 0 Å². The molecular weight excluding hydrogens is 375 g/mol. The van der Waals surface area contributed by atoms with Crippen LogP contribution in [0.15, 0.2) is 40.6 Å². The van der Waals surface area contributed by atoms with Gasteiger partial charge in [0.1, 0.15) is 15.6 Å². The molecule has 1 N–H and O–H groups in total. The van der Waals surface area contributed by atoms with Gasteiger partial charge in [0.2, 0.25) is 10.0 Å². The normalized spacial score (nSPS) is 17.0. The number of sulfonamides is 1. The average molecular weight is 397 g/mol. The van der Waals surface area contributed by atoms with Crippen LogP contribution in [0.1, 0.15) is 47.5 Å². The van der Waals surface area contributed by atoms with Crippen LogP contribution in [0, 0.1) is 5.82 Å². The standard InChI is InChI=1S/C18H21FN2O3S2/c1-13(14-6-5-7-15(19)12-14)20-18(22)17-16(8-11-25-17)26(23,24)21-9-3-2-4-10-21/h5-8,11-13H,2-4,9-10H2,1H3,(H,20,22). The lowest BCUT2D eigenvalue weighted by Gasteiger charge is -2.26. The average Bonchev–Trinajstić information content (AvgIpc) is 3.13. The molecule has 1 atom stereocenters. The molecule has 0 saturated carbocycles. The summed E-state index contributed by atoms with van der Waals surface area (Å²) >= 11 is 1.10. The Morgan fingerprint density at radius 1 is 1.23 bits per heavy atom. The molecule has 0 bridgehead atoms. The highest BCUT2D eigenvalue weighted by Crippen LogP contribution is 2.28. The van der Waals surface area contributed by atoms with Crippen molar-refractivity contribution >= 4 is 27.3 Å². The summed E-state index contributed by atoms with van der Waals surface area (Å²) in [4.78, 5) is 12.9. The summed E-state index contributed by atoms with van der Waals surface area (Å²) in [6.45, 7) is 2.71. The molecule has 0 radical (unpaired) electrons. The number of benzene rings is 1. The molecule has 0 spiro atoms. The van der Waals surface area contributed by atoms with E-state index in [2.05, 4.69) is 5.32 Å². The van der Waals surface area contributed by atoms with Crippen LogP contribution in [0.3, 0.4) is 0 Å². The van der Waals surface area contributed by atoms with E-state index in [4.69, 9.17) is 0 Å². The minimum atomic E-state index is -3.68. The summed E-state index contributed by atoms with van der Waals surface area (Å²) in [5.41, 5.74) is 0.621. The molecule has 1 fully saturated rings. The molecule has 1 saturated heterocycles. The lowest BCUT2D eigenvalue weighted by molar-refractivity contribution is 0.0940. The van der Waals surface area contributed by atoms with Crippen LogP contribution in [-0.2, 0) is 10.0 Å². The Balaban J connectivity index is 1.80. The number of carbonyl (C=O) groups is 1. The lowest BCUT2D eigenvalue weighted by atomic mass is 10.1. The van der Waals surface area contributed by atoms with E-state index in [1.54, 1.807) is 24.4 Å². The van der Waals surface area contributed by atoms with Crippen LogP contribution < -0.4 is 5.32 Å². The smallest absolute Gasteiger partial charge is 0.263 e. The fraction of sp³-hybridized carbons (Fsp3) is 0.389. The van der Waals surface area contributed by atoms with Gasteiger partial charge in [-0.2, -0.15) is 4.31 Å². The number of thiophene rings is 1. The topological polar surface area (TPSA) is 66.5 Å². The zero-order valence-corrected chi connectivity index (χ0v) is 16.1. The predicted octanol–water partition coefficient (Wildman–Crippen LogP) is 3.55. The molecular formula is C18H21FN2O3S2. The molecule has 1 unspecified atom stereocenters. The van der Waals surface area contributed by atoms with Gasteiger partial charge in [0.25, 0.3) is 5.91 Å². The summed E-state index contributed by atoms with van der Waals surface area (Å²) in [7, 11) is -3.68. The Morgan fingerprint density at radius 2 is 1.96 bits per heavy atom. The van der Waals surface area contributed by atoms with Gasteiger partial charge < -0.3 is 5.32 Å². The molecule has 3 rings (SSSR count). The van der Waals surface area contributed by atoms with Crippen LogP contribution >= 0.6 is 11.3 Å². The number of rotatable bonds is 5. The summed E-state index contributed by atoms with van der Waals surface area (Å²) in [6.07, 6.45) is 2.69. The predicted molar refractivity (Wildman–Crippen MR) is 99.2 cm³/mol. The monoisotopic (exact) mass is 396 g/mol. The molecule has 8 heteroatoms. The van der Waals surface area contributed by atoms with Crippen molar-refractivity contribution in [2.75, 3.05) is 13.1 Å². The third-order valence-corrected chi connectivity index (χ3v) is 7.45. The Hall–Kier alpha value is -1.77. The molecule has 1 aliphatic rings. The largest absolute Gasteiger partial charge is 0.345 e. The van der Waals surface area contributed by atoms with Gasteiger partial charge in [-0.05, 0) is 48.9 Å². The van der Waals surface area contributed by atoms with Crippen molar-refractivity contribution in [3.05, 3.63) is 52.0 Å². The SMILES string of the molecule is CC(NC(=O)c1sccc1S(=O)(=O)N1CCCCC1)c1cccc(F)c1. The molecule has 2 heterocycles. The van der Waals surface area contributed by atoms with Gasteiger partial charge in [-0.1, -0.05) is 18.6 Å². The summed E-state index contributed by atoms with van der Waals surface area (Å²) in [5, 5.41) is 4.37. The number of carbonyl (C=O) groups excluding carboxylic acids is 1. The molecule has 0 aliphatic carbocycles. The second-order valence-electron chi connectivity index (χ2n) is 6.33. The van der Waals surface area contributed by atoms with Crippen molar-refractivity contribution in [2.24, 2.45) is 0 Å². The number of nitrogens with one attached hydrogen (secondary N) is 1. The highest BCUT2D eigenvalue weighted by Gasteiger charge is 2.31. The van der Waals surface area contributed by atoms with Gasteiger partial charge in [0.15, 0.2) is 0 Å². The van der Waals surface area contributed by atoms with E-state index in [1.807, 2.05) is 0 Å². The van der Waals surface area contributed by atoms with Gasteiger partial charge in [0, 0.05) is 13.1 Å². The summed E-state index contributed by atoms with van der Waals surface area (Å²) < 4.78 is 40.6. The molecule has 5 nitrogen and oxygen atoms in total. The van der Waals surface area contributed by atoms with E-state index in [0.717, 1.165) is 30.6 Å². The first-order valence-corrected chi connectivity index (χ1v) is 10.9. The van der Waals surface area contributed by atoms with Gasteiger partial charge >= 0.3 is 0 Å². The van der Waals surface area contributed by atoms with Crippen molar-refractivity contribution < 1.29 is 17.6 Å². The van der Waals surface area contributed by atoms with Gasteiger partial charge in [-0.15, -0.1) is 11.3 Å². The fourth-order valence-corrected chi connectivity index (χ4v) is 5.85. The van der Waals surface area contributed by atoms with E-state index in [9.17, 15) is 17.6 Å². The first kappa shape index (κ1) is 19.0. The minimum absolute atomic E-state index is 0.0494. The van der Waals surface area contributed by atoms with E-state index in [1.165, 1.54) is 22.5 Å². The fourth-order valence-electron chi connectivity index (χ4n) is 3.03. The quantitative estimate of drug-likeness (QED) is 0.840. The van der Waals surface area contributed by atoms with Crippen molar-refractivity contribution in [3.8, 4) is 0 Å². The van der Waals surface area contributed by atoms with Gasteiger partial charge in [-0.25, -0.2) is 12.8 Å². The zero-order chi connectivity index (χ0) is 18.7. The maximum Gasteiger partial charge on any atom is 0.263 e. The highest BCUT2D eigenvalue weighted by molar-refractivity contribution is 7.89.